The average molecular weight is 456 g/mol. The van der Waals surface area contributed by atoms with E-state index in [0.717, 1.165) is 62.1 Å². The highest BCUT2D eigenvalue weighted by Gasteiger charge is 2.34. The topological polar surface area (TPSA) is 79.4 Å². The van der Waals surface area contributed by atoms with Crippen molar-refractivity contribution in [1.29, 1.82) is 0 Å². The van der Waals surface area contributed by atoms with E-state index in [4.69, 9.17) is 0 Å². The number of unbranched alkanes of at least 4 members (excludes halogenated alkanes) is 7. The second-order valence-corrected chi connectivity index (χ2v) is 9.53. The molecule has 0 aliphatic carbocycles. The number of imide groups is 1. The Hall–Kier alpha value is -2.54. The van der Waals surface area contributed by atoms with Crippen LogP contribution in [0.3, 0.4) is 0 Å². The van der Waals surface area contributed by atoms with Crippen molar-refractivity contribution in [3.63, 3.8) is 0 Å². The van der Waals surface area contributed by atoms with Gasteiger partial charge in [-0.1, -0.05) is 50.7 Å². The van der Waals surface area contributed by atoms with Crippen LogP contribution in [0.15, 0.2) is 29.6 Å². The molecular weight excluding hydrogens is 422 g/mol. The second-order valence-electron chi connectivity index (χ2n) is 8.47. The number of aryl methyl sites for hydroxylation is 1. The summed E-state index contributed by atoms with van der Waals surface area (Å²) in [6.45, 7) is 4.44. The summed E-state index contributed by atoms with van der Waals surface area (Å²) in [5, 5.41) is 6.04. The first-order chi connectivity index (χ1) is 15.5. The predicted octanol–water partition coefficient (Wildman–Crippen LogP) is 5.44. The Balaban J connectivity index is 1.18. The smallest absolute Gasteiger partial charge is 0.261 e. The van der Waals surface area contributed by atoms with E-state index in [9.17, 15) is 14.4 Å². The summed E-state index contributed by atoms with van der Waals surface area (Å²) in [6.07, 6.45) is 8.94. The fraction of sp³-hybridized carbons (Fsp3) is 0.520. The molecule has 0 saturated carbocycles. The van der Waals surface area contributed by atoms with Crippen LogP contribution in [0.2, 0.25) is 0 Å². The van der Waals surface area contributed by atoms with E-state index in [-0.39, 0.29) is 23.8 Å². The van der Waals surface area contributed by atoms with Gasteiger partial charge < -0.3 is 5.32 Å². The molecule has 1 atom stereocenters. The largest absolute Gasteiger partial charge is 0.348 e. The molecule has 1 aliphatic rings. The summed E-state index contributed by atoms with van der Waals surface area (Å²) in [7, 11) is 0. The number of nitrogens with one attached hydrogen (secondary N) is 1. The molecule has 1 unspecified atom stereocenters. The number of thiazole rings is 1. The quantitative estimate of drug-likeness (QED) is 0.322. The zero-order valence-electron chi connectivity index (χ0n) is 19.1. The fourth-order valence-electron chi connectivity index (χ4n) is 4.02. The van der Waals surface area contributed by atoms with Crippen molar-refractivity contribution < 1.29 is 14.4 Å². The minimum Gasteiger partial charge on any atom is -0.348 e. The van der Waals surface area contributed by atoms with Gasteiger partial charge in [0.15, 0.2) is 0 Å². The van der Waals surface area contributed by atoms with E-state index in [1.807, 2.05) is 19.2 Å². The molecule has 1 aromatic heterocycles. The third-order valence-corrected chi connectivity index (χ3v) is 6.66. The summed E-state index contributed by atoms with van der Waals surface area (Å²) >= 11 is 1.60. The normalized spacial score (nSPS) is 14.0. The first-order valence-electron chi connectivity index (χ1n) is 11.6. The summed E-state index contributed by atoms with van der Waals surface area (Å²) in [6, 6.07) is 7.00. The maximum atomic E-state index is 12.3. The van der Waals surface area contributed by atoms with Crippen molar-refractivity contribution >= 4 is 29.1 Å². The molecule has 7 heteroatoms. The van der Waals surface area contributed by atoms with Gasteiger partial charge in [-0.15, -0.1) is 11.3 Å². The zero-order chi connectivity index (χ0) is 22.9. The summed E-state index contributed by atoms with van der Waals surface area (Å²) in [4.78, 5) is 42.5. The molecular formula is C25H33N3O3S. The van der Waals surface area contributed by atoms with Crippen LogP contribution >= 0.6 is 11.3 Å². The number of carbonyl (C=O) groups is 3. The third kappa shape index (κ3) is 6.48. The summed E-state index contributed by atoms with van der Waals surface area (Å²) in [5.74, 6) is -0.229. The van der Waals surface area contributed by atoms with Gasteiger partial charge in [0.2, 0.25) is 5.91 Å². The summed E-state index contributed by atoms with van der Waals surface area (Å²) < 4.78 is 0. The van der Waals surface area contributed by atoms with E-state index in [0.29, 0.717) is 24.1 Å². The van der Waals surface area contributed by atoms with Gasteiger partial charge in [0.05, 0.1) is 27.9 Å². The molecule has 0 bridgehead atoms. The molecule has 3 amide bonds. The van der Waals surface area contributed by atoms with Gasteiger partial charge >= 0.3 is 0 Å². The molecule has 0 fully saturated rings. The van der Waals surface area contributed by atoms with Crippen LogP contribution in [0.1, 0.15) is 102 Å². The van der Waals surface area contributed by atoms with E-state index in [1.165, 1.54) is 4.90 Å². The molecule has 0 radical (unpaired) electrons. The third-order valence-electron chi connectivity index (χ3n) is 5.87. The van der Waals surface area contributed by atoms with Gasteiger partial charge in [0, 0.05) is 18.3 Å². The van der Waals surface area contributed by atoms with Crippen LogP contribution in [-0.2, 0) is 4.79 Å². The number of benzene rings is 1. The Labute approximate surface area is 194 Å². The Morgan fingerprint density at radius 1 is 0.969 bits per heavy atom. The highest BCUT2D eigenvalue weighted by atomic mass is 32.1. The predicted molar refractivity (Wildman–Crippen MR) is 127 cm³/mol. The van der Waals surface area contributed by atoms with Crippen molar-refractivity contribution in [1.82, 2.24) is 15.2 Å². The monoisotopic (exact) mass is 455 g/mol. The minimum absolute atomic E-state index is 0.0345. The molecule has 1 aliphatic heterocycles. The Morgan fingerprint density at radius 3 is 2.09 bits per heavy atom. The van der Waals surface area contributed by atoms with E-state index < -0.39 is 0 Å². The van der Waals surface area contributed by atoms with Gasteiger partial charge in [-0.3, -0.25) is 19.3 Å². The number of hydrogen-bond acceptors (Lipinski definition) is 5. The van der Waals surface area contributed by atoms with Gasteiger partial charge in [0.1, 0.15) is 0 Å². The van der Waals surface area contributed by atoms with Crippen LogP contribution in [0.25, 0.3) is 0 Å². The number of carbonyl (C=O) groups excluding carboxylic acids is 3. The molecule has 0 saturated heterocycles. The lowest BCUT2D eigenvalue weighted by atomic mass is 10.1. The molecule has 1 aromatic carbocycles. The Kier molecular flexibility index (Phi) is 8.97. The van der Waals surface area contributed by atoms with Crippen LogP contribution in [0, 0.1) is 6.92 Å². The number of fused-ring (bicyclic) bond motifs is 1. The number of rotatable bonds is 13. The van der Waals surface area contributed by atoms with Crippen molar-refractivity contribution in [3.05, 3.63) is 51.5 Å². The lowest BCUT2D eigenvalue weighted by molar-refractivity contribution is -0.121. The zero-order valence-corrected chi connectivity index (χ0v) is 19.9. The maximum absolute atomic E-state index is 12.3. The van der Waals surface area contributed by atoms with Crippen LogP contribution in [0.5, 0.6) is 0 Å². The average Bonchev–Trinajstić information content (AvgIpc) is 3.32. The Morgan fingerprint density at radius 2 is 1.53 bits per heavy atom. The van der Waals surface area contributed by atoms with Crippen molar-refractivity contribution in [2.45, 2.75) is 77.7 Å². The SMILES string of the molecule is Cc1nc(C(C)NC(=O)CCCCCCCCCCN2C(=O)c3ccccc3C2=O)cs1. The molecule has 2 aromatic rings. The first-order valence-corrected chi connectivity index (χ1v) is 12.5. The molecule has 2 heterocycles. The lowest BCUT2D eigenvalue weighted by Gasteiger charge is -2.13. The number of aromatic nitrogens is 1. The second kappa shape index (κ2) is 11.9. The standard InChI is InChI=1S/C25H33N3O3S/c1-18(22-17-32-19(2)27-22)26-23(29)15-9-7-5-3-4-6-8-12-16-28-24(30)20-13-10-11-14-21(20)25(28)31/h10-11,13-14,17-18H,3-9,12,15-16H2,1-2H3,(H,26,29). The van der Waals surface area contributed by atoms with E-state index in [2.05, 4.69) is 10.3 Å². The van der Waals surface area contributed by atoms with Crippen LogP contribution < -0.4 is 5.32 Å². The Bertz CT molecular complexity index is 905. The van der Waals surface area contributed by atoms with Gasteiger partial charge in [-0.05, 0) is 38.8 Å². The number of nitrogens with zero attached hydrogens (tertiary/aromatic N) is 2. The van der Waals surface area contributed by atoms with Crippen LogP contribution in [0.4, 0.5) is 0 Å². The number of amides is 3. The summed E-state index contributed by atoms with van der Waals surface area (Å²) in [5.41, 5.74) is 1.99. The lowest BCUT2D eigenvalue weighted by Crippen LogP contribution is -2.30. The molecule has 6 nitrogen and oxygen atoms in total. The number of hydrogen-bond donors (Lipinski definition) is 1. The molecule has 0 spiro atoms. The molecule has 1 N–H and O–H groups in total. The highest BCUT2D eigenvalue weighted by molar-refractivity contribution is 7.09. The van der Waals surface area contributed by atoms with Crippen molar-refractivity contribution in [3.8, 4) is 0 Å². The van der Waals surface area contributed by atoms with Gasteiger partial charge in [-0.2, -0.15) is 0 Å². The van der Waals surface area contributed by atoms with Crippen molar-refractivity contribution in [2.24, 2.45) is 0 Å². The van der Waals surface area contributed by atoms with Gasteiger partial charge in [-0.25, -0.2) is 4.98 Å². The van der Waals surface area contributed by atoms with E-state index in [1.54, 1.807) is 35.6 Å². The maximum Gasteiger partial charge on any atom is 0.261 e. The first kappa shape index (κ1) is 24.1. The minimum atomic E-state index is -0.161. The van der Waals surface area contributed by atoms with Gasteiger partial charge in [0.25, 0.3) is 11.8 Å². The molecule has 32 heavy (non-hydrogen) atoms. The van der Waals surface area contributed by atoms with Crippen molar-refractivity contribution in [2.75, 3.05) is 6.54 Å². The highest BCUT2D eigenvalue weighted by Crippen LogP contribution is 2.23. The van der Waals surface area contributed by atoms with Crippen LogP contribution in [-0.4, -0.2) is 34.2 Å². The van der Waals surface area contributed by atoms with E-state index >= 15 is 0 Å². The molecule has 172 valence electrons. The molecule has 3 rings (SSSR count). The fourth-order valence-corrected chi connectivity index (χ4v) is 4.73.